The van der Waals surface area contributed by atoms with Gasteiger partial charge in [0.2, 0.25) is 0 Å². The Balaban J connectivity index is 1.71. The number of hydrogen-bond donors (Lipinski definition) is 0. The van der Waals surface area contributed by atoms with Gasteiger partial charge in [-0.3, -0.25) is 0 Å². The van der Waals surface area contributed by atoms with Crippen molar-refractivity contribution in [2.24, 2.45) is 0 Å². The van der Waals surface area contributed by atoms with E-state index in [1.165, 1.54) is 65.7 Å². The van der Waals surface area contributed by atoms with E-state index in [1.807, 2.05) is 0 Å². The fourth-order valence-electron chi connectivity index (χ4n) is 6.45. The molecule has 0 spiro atoms. The number of para-hydroxylation sites is 1. The standard InChI is InChI=1S/C34H31NSi/c1-34(2)28-14-8-6-13-26(28)32-31-22(11-10-15-29(31)34)21-27-25-12-7-9-16-30(25)35(33(27)32)23-17-19-24(20-18-23)36(3,4)5/h6-21H,1-5H3. The van der Waals surface area contributed by atoms with E-state index in [9.17, 15) is 0 Å². The maximum absolute atomic E-state index is 2.51. The average molecular weight is 482 g/mol. The summed E-state index contributed by atoms with van der Waals surface area (Å²) in [5.41, 5.74) is 9.33. The van der Waals surface area contributed by atoms with Gasteiger partial charge in [0.25, 0.3) is 0 Å². The summed E-state index contributed by atoms with van der Waals surface area (Å²) in [5, 5.41) is 6.86. The van der Waals surface area contributed by atoms with E-state index in [2.05, 4.69) is 135 Å². The highest BCUT2D eigenvalue weighted by atomic mass is 28.3. The highest BCUT2D eigenvalue weighted by Gasteiger charge is 2.35. The van der Waals surface area contributed by atoms with Gasteiger partial charge < -0.3 is 4.57 Å². The molecule has 1 nitrogen and oxygen atoms in total. The summed E-state index contributed by atoms with van der Waals surface area (Å²) in [6, 6.07) is 36.6. The largest absolute Gasteiger partial charge is 0.309 e. The molecular weight excluding hydrogens is 450 g/mol. The first kappa shape index (κ1) is 21.6. The van der Waals surface area contributed by atoms with E-state index >= 15 is 0 Å². The monoisotopic (exact) mass is 481 g/mol. The molecule has 1 aliphatic carbocycles. The fourth-order valence-corrected chi connectivity index (χ4v) is 7.62. The van der Waals surface area contributed by atoms with Crippen molar-refractivity contribution in [3.05, 3.63) is 108 Å². The molecular formula is C34H31NSi. The molecule has 0 aliphatic heterocycles. The highest BCUT2D eigenvalue weighted by molar-refractivity contribution is 6.88. The molecule has 0 N–H and O–H groups in total. The third-order valence-corrected chi connectivity index (χ3v) is 10.4. The first-order valence-corrected chi connectivity index (χ1v) is 16.5. The first-order valence-electron chi connectivity index (χ1n) is 13.0. The van der Waals surface area contributed by atoms with Gasteiger partial charge in [0.15, 0.2) is 0 Å². The quantitative estimate of drug-likeness (QED) is 0.218. The second kappa shape index (κ2) is 7.21. The molecule has 0 radical (unpaired) electrons. The molecule has 1 heterocycles. The lowest BCUT2D eigenvalue weighted by Crippen LogP contribution is -2.37. The number of rotatable bonds is 2. The van der Waals surface area contributed by atoms with E-state index in [1.54, 1.807) is 0 Å². The van der Waals surface area contributed by atoms with Gasteiger partial charge in [-0.2, -0.15) is 0 Å². The van der Waals surface area contributed by atoms with Crippen LogP contribution in [0.4, 0.5) is 0 Å². The predicted molar refractivity (Wildman–Crippen MR) is 159 cm³/mol. The van der Waals surface area contributed by atoms with Crippen LogP contribution in [-0.4, -0.2) is 12.6 Å². The van der Waals surface area contributed by atoms with Crippen molar-refractivity contribution >= 4 is 45.8 Å². The Morgan fingerprint density at radius 1 is 0.667 bits per heavy atom. The van der Waals surface area contributed by atoms with Crippen molar-refractivity contribution in [3.8, 4) is 16.8 Å². The Morgan fingerprint density at radius 3 is 2.14 bits per heavy atom. The number of hydrogen-bond acceptors (Lipinski definition) is 0. The lowest BCUT2D eigenvalue weighted by atomic mass is 9.68. The van der Waals surface area contributed by atoms with Crippen molar-refractivity contribution in [1.29, 1.82) is 0 Å². The lowest BCUT2D eigenvalue weighted by molar-refractivity contribution is 0.645. The number of fused-ring (bicyclic) bond motifs is 6. The molecule has 5 aromatic carbocycles. The number of aromatic nitrogens is 1. The van der Waals surface area contributed by atoms with Crippen LogP contribution in [0.3, 0.4) is 0 Å². The van der Waals surface area contributed by atoms with Gasteiger partial charge in [0.05, 0.1) is 19.1 Å². The van der Waals surface area contributed by atoms with Gasteiger partial charge in [-0.05, 0) is 51.7 Å². The molecule has 36 heavy (non-hydrogen) atoms. The molecule has 0 unspecified atom stereocenters. The molecule has 0 fully saturated rings. The Hall–Kier alpha value is -3.62. The van der Waals surface area contributed by atoms with Gasteiger partial charge in [-0.15, -0.1) is 0 Å². The molecule has 176 valence electrons. The summed E-state index contributed by atoms with van der Waals surface area (Å²) in [7, 11) is -1.37. The van der Waals surface area contributed by atoms with Crippen LogP contribution < -0.4 is 5.19 Å². The van der Waals surface area contributed by atoms with Gasteiger partial charge in [-0.1, -0.05) is 111 Å². The highest BCUT2D eigenvalue weighted by Crippen LogP contribution is 2.52. The summed E-state index contributed by atoms with van der Waals surface area (Å²) >= 11 is 0. The van der Waals surface area contributed by atoms with Crippen LogP contribution in [0.25, 0.3) is 49.4 Å². The smallest absolute Gasteiger partial charge is 0.0775 e. The van der Waals surface area contributed by atoms with E-state index < -0.39 is 8.07 Å². The normalized spacial score (nSPS) is 14.5. The van der Waals surface area contributed by atoms with E-state index in [0.29, 0.717) is 0 Å². The van der Waals surface area contributed by atoms with Gasteiger partial charge >= 0.3 is 0 Å². The summed E-state index contributed by atoms with van der Waals surface area (Å²) in [5.74, 6) is 0. The van der Waals surface area contributed by atoms with Crippen LogP contribution in [0, 0.1) is 0 Å². The maximum Gasteiger partial charge on any atom is 0.0775 e. The minimum atomic E-state index is -1.37. The van der Waals surface area contributed by atoms with Crippen molar-refractivity contribution in [2.75, 3.05) is 0 Å². The maximum atomic E-state index is 2.51. The molecule has 0 saturated carbocycles. The summed E-state index contributed by atoms with van der Waals surface area (Å²) < 4.78 is 2.51. The number of benzene rings is 5. The Morgan fingerprint density at radius 2 is 1.36 bits per heavy atom. The van der Waals surface area contributed by atoms with E-state index in [-0.39, 0.29) is 5.41 Å². The average Bonchev–Trinajstić information content (AvgIpc) is 3.20. The number of nitrogens with zero attached hydrogens (tertiary/aromatic N) is 1. The van der Waals surface area contributed by atoms with Crippen molar-refractivity contribution in [3.63, 3.8) is 0 Å². The molecule has 7 rings (SSSR count). The zero-order valence-electron chi connectivity index (χ0n) is 21.7. The lowest BCUT2D eigenvalue weighted by Gasteiger charge is -2.35. The van der Waals surface area contributed by atoms with Crippen molar-refractivity contribution in [2.45, 2.75) is 38.9 Å². The Kier molecular flexibility index (Phi) is 4.33. The van der Waals surface area contributed by atoms with Crippen LogP contribution in [0.5, 0.6) is 0 Å². The Bertz CT molecular complexity index is 1830. The summed E-state index contributed by atoms with van der Waals surface area (Å²) in [6.45, 7) is 12.0. The molecule has 6 aromatic rings. The van der Waals surface area contributed by atoms with Gasteiger partial charge in [0, 0.05) is 27.4 Å². The molecule has 0 amide bonds. The Labute approximate surface area is 214 Å². The minimum absolute atomic E-state index is 0.0490. The summed E-state index contributed by atoms with van der Waals surface area (Å²) in [6.07, 6.45) is 0. The van der Waals surface area contributed by atoms with Gasteiger partial charge in [0.1, 0.15) is 0 Å². The SMILES string of the molecule is CC1(C)c2ccccc2-c2c3c1cccc3cc1c3ccccc3n(-c3ccc([Si](C)(C)C)cc3)c21. The molecule has 0 saturated heterocycles. The summed E-state index contributed by atoms with van der Waals surface area (Å²) in [4.78, 5) is 0. The second-order valence-electron chi connectivity index (χ2n) is 11.9. The van der Waals surface area contributed by atoms with Crippen LogP contribution in [-0.2, 0) is 5.41 Å². The zero-order valence-corrected chi connectivity index (χ0v) is 22.7. The molecule has 0 bridgehead atoms. The van der Waals surface area contributed by atoms with Crippen LogP contribution in [0.15, 0.2) is 97.1 Å². The van der Waals surface area contributed by atoms with Crippen LogP contribution >= 0.6 is 0 Å². The van der Waals surface area contributed by atoms with E-state index in [0.717, 1.165) is 0 Å². The van der Waals surface area contributed by atoms with Gasteiger partial charge in [-0.25, -0.2) is 0 Å². The van der Waals surface area contributed by atoms with Crippen LogP contribution in [0.1, 0.15) is 25.0 Å². The van der Waals surface area contributed by atoms with Crippen molar-refractivity contribution < 1.29 is 0 Å². The zero-order chi connectivity index (χ0) is 24.8. The second-order valence-corrected chi connectivity index (χ2v) is 16.9. The molecule has 1 aliphatic rings. The predicted octanol–water partition coefficient (Wildman–Crippen LogP) is 8.79. The molecule has 0 atom stereocenters. The fraction of sp³-hybridized carbons (Fsp3) is 0.176. The third kappa shape index (κ3) is 2.82. The van der Waals surface area contributed by atoms with Crippen molar-refractivity contribution in [1.82, 2.24) is 4.57 Å². The van der Waals surface area contributed by atoms with E-state index in [4.69, 9.17) is 0 Å². The minimum Gasteiger partial charge on any atom is -0.309 e. The third-order valence-electron chi connectivity index (χ3n) is 8.33. The molecule has 2 heteroatoms. The van der Waals surface area contributed by atoms with Crippen LogP contribution in [0.2, 0.25) is 19.6 Å². The molecule has 1 aromatic heterocycles. The topological polar surface area (TPSA) is 4.93 Å². The first-order chi connectivity index (χ1) is 17.3.